The molecule has 6 nitrogen and oxygen atoms in total. The van der Waals surface area contributed by atoms with Gasteiger partial charge in [0.15, 0.2) is 11.5 Å². The van der Waals surface area contributed by atoms with Crippen molar-refractivity contribution in [3.8, 4) is 11.5 Å². The van der Waals surface area contributed by atoms with Crippen LogP contribution in [0.2, 0.25) is 0 Å². The van der Waals surface area contributed by atoms with Crippen LogP contribution in [0.3, 0.4) is 0 Å². The third-order valence-electron chi connectivity index (χ3n) is 3.67. The number of benzene rings is 1. The van der Waals surface area contributed by atoms with E-state index in [4.69, 9.17) is 14.6 Å². The molecule has 1 amide bonds. The Morgan fingerprint density at radius 1 is 1.12 bits per heavy atom. The Balaban J connectivity index is 2.17. The van der Waals surface area contributed by atoms with Crippen LogP contribution in [0.5, 0.6) is 11.5 Å². The molecule has 0 aliphatic heterocycles. The molecule has 6 heteroatoms. The second-order valence-corrected chi connectivity index (χ2v) is 5.35. The Morgan fingerprint density at radius 2 is 1.88 bits per heavy atom. The molecule has 1 aromatic carbocycles. The summed E-state index contributed by atoms with van der Waals surface area (Å²) in [5.74, 6) is 0.973. The van der Waals surface area contributed by atoms with Crippen LogP contribution in [0.1, 0.15) is 29.8 Å². The van der Waals surface area contributed by atoms with Crippen molar-refractivity contribution >= 4 is 5.91 Å². The number of rotatable bonds is 9. The van der Waals surface area contributed by atoms with Crippen molar-refractivity contribution < 1.29 is 19.4 Å². The maximum Gasteiger partial charge on any atom is 0.254 e. The van der Waals surface area contributed by atoms with E-state index in [2.05, 4.69) is 4.98 Å². The highest BCUT2D eigenvalue weighted by atomic mass is 16.5. The fraction of sp³-hybridized carbons (Fsp3) is 0.368. The molecule has 2 aromatic rings. The van der Waals surface area contributed by atoms with Crippen LogP contribution in [0, 0.1) is 0 Å². The Bertz CT molecular complexity index is 676. The lowest BCUT2D eigenvalue weighted by Crippen LogP contribution is -2.33. The number of amides is 1. The number of ether oxygens (including phenoxy) is 2. The van der Waals surface area contributed by atoms with Crippen molar-refractivity contribution in [1.82, 2.24) is 9.88 Å². The van der Waals surface area contributed by atoms with E-state index < -0.39 is 0 Å². The number of aliphatic hydroxyl groups is 1. The molecule has 1 N–H and O–H groups in total. The van der Waals surface area contributed by atoms with Crippen LogP contribution < -0.4 is 9.47 Å². The SMILES string of the molecule is CCOc1cc(C(=O)N(CC)CCO)ccc1OCc1ccncc1. The van der Waals surface area contributed by atoms with Crippen molar-refractivity contribution in [1.29, 1.82) is 0 Å². The maximum atomic E-state index is 12.5. The second kappa shape index (κ2) is 9.64. The van der Waals surface area contributed by atoms with Crippen LogP contribution in [0.25, 0.3) is 0 Å². The minimum Gasteiger partial charge on any atom is -0.490 e. The smallest absolute Gasteiger partial charge is 0.254 e. The number of aliphatic hydroxyl groups excluding tert-OH is 1. The van der Waals surface area contributed by atoms with Gasteiger partial charge in [-0.15, -0.1) is 0 Å². The van der Waals surface area contributed by atoms with Gasteiger partial charge in [-0.05, 0) is 49.7 Å². The number of hydrogen-bond acceptors (Lipinski definition) is 5. The molecule has 0 fully saturated rings. The fourth-order valence-corrected chi connectivity index (χ4v) is 2.38. The molecule has 0 radical (unpaired) electrons. The van der Waals surface area contributed by atoms with Gasteiger partial charge in [-0.3, -0.25) is 9.78 Å². The lowest BCUT2D eigenvalue weighted by atomic mass is 10.1. The number of carbonyl (C=O) groups is 1. The molecule has 1 aromatic heterocycles. The van der Waals surface area contributed by atoms with Crippen LogP contribution in [0.15, 0.2) is 42.7 Å². The number of likely N-dealkylation sites (N-methyl/N-ethyl adjacent to an activating group) is 1. The summed E-state index contributed by atoms with van der Waals surface area (Å²) in [5.41, 5.74) is 1.51. The number of nitrogens with zero attached hydrogens (tertiary/aromatic N) is 2. The predicted octanol–water partition coefficient (Wildman–Crippen LogP) is 2.51. The zero-order valence-electron chi connectivity index (χ0n) is 14.6. The lowest BCUT2D eigenvalue weighted by Gasteiger charge is -2.20. The summed E-state index contributed by atoms with van der Waals surface area (Å²) < 4.78 is 11.5. The van der Waals surface area contributed by atoms with Crippen molar-refractivity contribution in [2.24, 2.45) is 0 Å². The molecule has 0 spiro atoms. The molecule has 0 saturated heterocycles. The zero-order chi connectivity index (χ0) is 18.1. The van der Waals surface area contributed by atoms with Gasteiger partial charge in [0.2, 0.25) is 0 Å². The van der Waals surface area contributed by atoms with Gasteiger partial charge in [-0.1, -0.05) is 0 Å². The minimum absolute atomic E-state index is 0.0645. The fourth-order valence-electron chi connectivity index (χ4n) is 2.38. The van der Waals surface area contributed by atoms with E-state index in [1.807, 2.05) is 26.0 Å². The maximum absolute atomic E-state index is 12.5. The van der Waals surface area contributed by atoms with Gasteiger partial charge in [0, 0.05) is 31.0 Å². The Hall–Kier alpha value is -2.60. The average molecular weight is 344 g/mol. The van der Waals surface area contributed by atoms with Crippen LogP contribution >= 0.6 is 0 Å². The Morgan fingerprint density at radius 3 is 2.52 bits per heavy atom. The molecule has 0 aliphatic carbocycles. The highest BCUT2D eigenvalue weighted by Gasteiger charge is 2.16. The summed E-state index contributed by atoms with van der Waals surface area (Å²) in [6.07, 6.45) is 3.43. The van der Waals surface area contributed by atoms with Crippen LogP contribution in [-0.2, 0) is 6.61 Å². The van der Waals surface area contributed by atoms with Gasteiger partial charge in [-0.25, -0.2) is 0 Å². The lowest BCUT2D eigenvalue weighted by molar-refractivity contribution is 0.0731. The molecule has 134 valence electrons. The topological polar surface area (TPSA) is 71.9 Å². The summed E-state index contributed by atoms with van der Waals surface area (Å²) in [7, 11) is 0. The van der Waals surface area contributed by atoms with Gasteiger partial charge in [0.05, 0.1) is 13.2 Å². The van der Waals surface area contributed by atoms with E-state index in [0.717, 1.165) is 5.56 Å². The van der Waals surface area contributed by atoms with Crippen molar-refractivity contribution in [2.75, 3.05) is 26.3 Å². The van der Waals surface area contributed by atoms with Crippen molar-refractivity contribution in [3.63, 3.8) is 0 Å². The molecule has 0 aliphatic rings. The van der Waals surface area contributed by atoms with Gasteiger partial charge in [-0.2, -0.15) is 0 Å². The highest BCUT2D eigenvalue weighted by Crippen LogP contribution is 2.29. The Labute approximate surface area is 148 Å². The van der Waals surface area contributed by atoms with Crippen molar-refractivity contribution in [2.45, 2.75) is 20.5 Å². The third kappa shape index (κ3) is 5.19. The van der Waals surface area contributed by atoms with E-state index in [0.29, 0.717) is 43.4 Å². The zero-order valence-corrected chi connectivity index (χ0v) is 14.6. The number of pyridine rings is 1. The quantitative estimate of drug-likeness (QED) is 0.757. The van der Waals surface area contributed by atoms with E-state index >= 15 is 0 Å². The van der Waals surface area contributed by atoms with Gasteiger partial charge in [0.1, 0.15) is 6.61 Å². The second-order valence-electron chi connectivity index (χ2n) is 5.35. The molecule has 0 bridgehead atoms. The molecule has 1 heterocycles. The first-order chi connectivity index (χ1) is 12.2. The first kappa shape index (κ1) is 18.7. The number of aromatic nitrogens is 1. The van der Waals surface area contributed by atoms with E-state index in [-0.39, 0.29) is 12.5 Å². The Kier molecular flexibility index (Phi) is 7.22. The summed E-state index contributed by atoms with van der Waals surface area (Å²) in [6, 6.07) is 8.91. The van der Waals surface area contributed by atoms with E-state index in [1.165, 1.54) is 0 Å². The van der Waals surface area contributed by atoms with Gasteiger partial charge >= 0.3 is 0 Å². The van der Waals surface area contributed by atoms with Crippen LogP contribution in [-0.4, -0.2) is 47.2 Å². The molecule has 0 atom stereocenters. The number of hydrogen-bond donors (Lipinski definition) is 1. The molecular weight excluding hydrogens is 320 g/mol. The molecule has 2 rings (SSSR count). The third-order valence-corrected chi connectivity index (χ3v) is 3.67. The van der Waals surface area contributed by atoms with Crippen molar-refractivity contribution in [3.05, 3.63) is 53.9 Å². The van der Waals surface area contributed by atoms with Gasteiger partial charge in [0.25, 0.3) is 5.91 Å². The molecular formula is C19H24N2O4. The molecule has 0 unspecified atom stereocenters. The summed E-state index contributed by atoms with van der Waals surface area (Å²) in [5, 5.41) is 9.08. The first-order valence-corrected chi connectivity index (χ1v) is 8.38. The minimum atomic E-state index is -0.141. The average Bonchev–Trinajstić information content (AvgIpc) is 2.65. The summed E-state index contributed by atoms with van der Waals surface area (Å²) in [6.45, 7) is 5.39. The highest BCUT2D eigenvalue weighted by molar-refractivity contribution is 5.95. The molecule has 0 saturated carbocycles. The largest absolute Gasteiger partial charge is 0.490 e. The normalized spacial score (nSPS) is 10.4. The summed E-state index contributed by atoms with van der Waals surface area (Å²) >= 11 is 0. The summed E-state index contributed by atoms with van der Waals surface area (Å²) in [4.78, 5) is 18.1. The van der Waals surface area contributed by atoms with Crippen LogP contribution in [0.4, 0.5) is 0 Å². The standard InChI is InChI=1S/C19H24N2O4/c1-3-21(11-12-22)19(23)16-5-6-17(18(13-16)24-4-2)25-14-15-7-9-20-10-8-15/h5-10,13,22H,3-4,11-12,14H2,1-2H3. The van der Waals surface area contributed by atoms with E-state index in [9.17, 15) is 4.79 Å². The number of carbonyl (C=O) groups excluding carboxylic acids is 1. The first-order valence-electron chi connectivity index (χ1n) is 8.38. The monoisotopic (exact) mass is 344 g/mol. The van der Waals surface area contributed by atoms with Gasteiger partial charge < -0.3 is 19.5 Å². The van der Waals surface area contributed by atoms with E-state index in [1.54, 1.807) is 35.5 Å². The molecule has 25 heavy (non-hydrogen) atoms. The predicted molar refractivity (Wildman–Crippen MR) is 94.8 cm³/mol.